The van der Waals surface area contributed by atoms with Crippen molar-refractivity contribution < 1.29 is 38.0 Å². The van der Waals surface area contributed by atoms with E-state index in [2.05, 4.69) is 0 Å². The van der Waals surface area contributed by atoms with E-state index in [1.165, 1.54) is 7.11 Å². The van der Waals surface area contributed by atoms with Gasteiger partial charge in [-0.15, -0.1) is 0 Å². The monoisotopic (exact) mass is 530 g/mol. The maximum Gasteiger partial charge on any atom is 0.338 e. The predicted octanol–water partition coefficient (Wildman–Crippen LogP) is 3.92. The summed E-state index contributed by atoms with van der Waals surface area (Å²) < 4.78 is 32.1. The van der Waals surface area contributed by atoms with Crippen LogP contribution in [0.1, 0.15) is 20.7 Å². The fourth-order valence-corrected chi connectivity index (χ4v) is 4.01. The van der Waals surface area contributed by atoms with Gasteiger partial charge in [0.15, 0.2) is 12.4 Å². The highest BCUT2D eigenvalue weighted by molar-refractivity contribution is 6.67. The molecule has 2 heterocycles. The maximum absolute atomic E-state index is 12.7. The van der Waals surface area contributed by atoms with Crippen LogP contribution in [0.4, 0.5) is 0 Å². The lowest BCUT2D eigenvalue weighted by molar-refractivity contribution is -0.273. The summed E-state index contributed by atoms with van der Waals surface area (Å²) in [6.45, 7) is -0.204. The molecule has 2 aliphatic heterocycles. The summed E-state index contributed by atoms with van der Waals surface area (Å²) >= 11 is 18.0. The molecule has 0 amide bonds. The zero-order valence-electron chi connectivity index (χ0n) is 17.8. The minimum absolute atomic E-state index is 0.204. The average Bonchev–Trinajstić information content (AvgIpc) is 3.31. The highest BCUT2D eigenvalue weighted by Crippen LogP contribution is 2.43. The van der Waals surface area contributed by atoms with Gasteiger partial charge in [0.2, 0.25) is 10.1 Å². The Morgan fingerprint density at radius 1 is 0.853 bits per heavy atom. The van der Waals surface area contributed by atoms with E-state index in [-0.39, 0.29) is 6.61 Å². The summed E-state index contributed by atoms with van der Waals surface area (Å²) in [5, 5.41) is 0. The lowest BCUT2D eigenvalue weighted by Gasteiger charge is -2.40. The molecule has 2 fully saturated rings. The number of esters is 2. The van der Waals surface area contributed by atoms with Crippen LogP contribution in [-0.4, -0.2) is 66.4 Å². The van der Waals surface area contributed by atoms with Gasteiger partial charge in [-0.2, -0.15) is 0 Å². The first-order chi connectivity index (χ1) is 16.3. The molecule has 0 bridgehead atoms. The van der Waals surface area contributed by atoms with Crippen LogP contribution in [0.2, 0.25) is 0 Å². The normalized spacial score (nSPS) is 28.7. The molecule has 6 atom stereocenters. The first kappa shape index (κ1) is 25.2. The third kappa shape index (κ3) is 5.66. The SMILES string of the molecule is CO[C@H]1O[C@H](COC(=O)c2ccccc2)[C@H]2O[C@H](C(Cl)(Cl)Cl)O[C@H]2[C@@H]1OC(=O)c1ccccc1. The Kier molecular flexibility index (Phi) is 7.99. The second kappa shape index (κ2) is 10.8. The number of rotatable bonds is 6. The number of methoxy groups -OCH3 is 1. The Bertz CT molecular complexity index is 985. The Hall–Kier alpha value is -1.91. The van der Waals surface area contributed by atoms with E-state index in [1.807, 2.05) is 0 Å². The van der Waals surface area contributed by atoms with Crippen molar-refractivity contribution >= 4 is 46.7 Å². The van der Waals surface area contributed by atoms with Crippen molar-refractivity contribution in [3.63, 3.8) is 0 Å². The second-order valence-electron chi connectivity index (χ2n) is 7.55. The van der Waals surface area contributed by atoms with E-state index in [0.29, 0.717) is 11.1 Å². The molecule has 11 heteroatoms. The minimum atomic E-state index is -1.93. The molecule has 2 aromatic rings. The number of fused-ring (bicyclic) bond motifs is 1. The highest BCUT2D eigenvalue weighted by Gasteiger charge is 2.58. The molecule has 2 saturated heterocycles. The van der Waals surface area contributed by atoms with Crippen LogP contribution in [0.15, 0.2) is 60.7 Å². The van der Waals surface area contributed by atoms with Gasteiger partial charge in [-0.3, -0.25) is 0 Å². The summed E-state index contributed by atoms with van der Waals surface area (Å²) in [4.78, 5) is 25.1. The fourth-order valence-electron chi connectivity index (χ4n) is 3.70. The van der Waals surface area contributed by atoms with Crippen LogP contribution in [0.25, 0.3) is 0 Å². The Balaban J connectivity index is 1.53. The van der Waals surface area contributed by atoms with Crippen LogP contribution in [0.5, 0.6) is 0 Å². The van der Waals surface area contributed by atoms with Gasteiger partial charge < -0.3 is 28.4 Å². The molecule has 0 N–H and O–H groups in total. The molecule has 0 spiro atoms. The van der Waals surface area contributed by atoms with Crippen LogP contribution in [0.3, 0.4) is 0 Å². The van der Waals surface area contributed by atoms with Crippen molar-refractivity contribution in [1.29, 1.82) is 0 Å². The van der Waals surface area contributed by atoms with Gasteiger partial charge in [-0.05, 0) is 24.3 Å². The van der Waals surface area contributed by atoms with E-state index in [0.717, 1.165) is 0 Å². The van der Waals surface area contributed by atoms with Crippen molar-refractivity contribution in [2.24, 2.45) is 0 Å². The molecule has 0 unspecified atom stereocenters. The Morgan fingerprint density at radius 3 is 1.97 bits per heavy atom. The summed E-state index contributed by atoms with van der Waals surface area (Å²) in [7, 11) is 1.38. The lowest BCUT2D eigenvalue weighted by atomic mass is 9.99. The molecule has 0 aliphatic carbocycles. The van der Waals surface area contributed by atoms with Gasteiger partial charge in [-0.1, -0.05) is 71.2 Å². The third-order valence-electron chi connectivity index (χ3n) is 5.29. The van der Waals surface area contributed by atoms with Crippen molar-refractivity contribution in [2.75, 3.05) is 13.7 Å². The standard InChI is InChI=1S/C23H21Cl3O8/c1-29-21-18(32-20(28)14-10-6-3-7-11-14)17-16(33-22(34-17)23(24,25)26)15(31-21)12-30-19(27)13-8-4-2-5-9-13/h2-11,15-18,21-22H,12H2,1H3/t15-,16-,17-,18+,21+,22+/m1/s1. The van der Waals surface area contributed by atoms with Gasteiger partial charge >= 0.3 is 11.9 Å². The van der Waals surface area contributed by atoms with Crippen molar-refractivity contribution in [2.45, 2.75) is 40.8 Å². The van der Waals surface area contributed by atoms with Gasteiger partial charge in [0, 0.05) is 7.11 Å². The predicted molar refractivity (Wildman–Crippen MR) is 122 cm³/mol. The molecule has 0 radical (unpaired) electrons. The molecule has 2 aliphatic rings. The number of carbonyl (C=O) groups excluding carboxylic acids is 2. The van der Waals surface area contributed by atoms with Gasteiger partial charge in [0.05, 0.1) is 11.1 Å². The van der Waals surface area contributed by atoms with E-state index in [4.69, 9.17) is 63.2 Å². The Labute approximate surface area is 210 Å². The van der Waals surface area contributed by atoms with Crippen LogP contribution >= 0.6 is 34.8 Å². The van der Waals surface area contributed by atoms with Crippen LogP contribution < -0.4 is 0 Å². The van der Waals surface area contributed by atoms with E-state index in [9.17, 15) is 9.59 Å². The number of alkyl halides is 3. The Morgan fingerprint density at radius 2 is 1.41 bits per heavy atom. The van der Waals surface area contributed by atoms with E-state index < -0.39 is 52.7 Å². The molecular formula is C23H21Cl3O8. The maximum atomic E-state index is 12.7. The van der Waals surface area contributed by atoms with Crippen molar-refractivity contribution in [3.8, 4) is 0 Å². The molecule has 0 aromatic heterocycles. The fraction of sp³-hybridized carbons (Fsp3) is 0.391. The molecule has 0 saturated carbocycles. The van der Waals surface area contributed by atoms with Crippen LogP contribution in [-0.2, 0) is 28.4 Å². The molecular weight excluding hydrogens is 511 g/mol. The number of hydrogen-bond donors (Lipinski definition) is 0. The average molecular weight is 532 g/mol. The second-order valence-corrected chi connectivity index (χ2v) is 9.92. The third-order valence-corrected chi connectivity index (χ3v) is 5.83. The van der Waals surface area contributed by atoms with Gasteiger partial charge in [0.25, 0.3) is 0 Å². The first-order valence-electron chi connectivity index (χ1n) is 10.3. The summed E-state index contributed by atoms with van der Waals surface area (Å²) in [5.74, 6) is -1.17. The molecule has 8 nitrogen and oxygen atoms in total. The number of benzene rings is 2. The molecule has 2 aromatic carbocycles. The highest BCUT2D eigenvalue weighted by atomic mass is 35.6. The first-order valence-corrected chi connectivity index (χ1v) is 11.5. The van der Waals surface area contributed by atoms with E-state index in [1.54, 1.807) is 60.7 Å². The number of ether oxygens (including phenoxy) is 6. The smallest absolute Gasteiger partial charge is 0.338 e. The number of halogens is 3. The minimum Gasteiger partial charge on any atom is -0.459 e. The zero-order valence-corrected chi connectivity index (χ0v) is 20.1. The largest absolute Gasteiger partial charge is 0.459 e. The van der Waals surface area contributed by atoms with E-state index >= 15 is 0 Å². The summed E-state index contributed by atoms with van der Waals surface area (Å²) in [5.41, 5.74) is 0.695. The van der Waals surface area contributed by atoms with Crippen molar-refractivity contribution in [1.82, 2.24) is 0 Å². The summed E-state index contributed by atoms with van der Waals surface area (Å²) in [6.07, 6.45) is -6.06. The number of carbonyl (C=O) groups is 2. The zero-order chi connectivity index (χ0) is 24.3. The van der Waals surface area contributed by atoms with Crippen LogP contribution in [0, 0.1) is 0 Å². The van der Waals surface area contributed by atoms with Gasteiger partial charge in [-0.25, -0.2) is 9.59 Å². The summed E-state index contributed by atoms with van der Waals surface area (Å²) in [6, 6.07) is 16.9. The topological polar surface area (TPSA) is 89.5 Å². The number of hydrogen-bond acceptors (Lipinski definition) is 8. The molecule has 34 heavy (non-hydrogen) atoms. The van der Waals surface area contributed by atoms with Crippen molar-refractivity contribution in [3.05, 3.63) is 71.8 Å². The lowest BCUT2D eigenvalue weighted by Crippen LogP contribution is -2.59. The molecule has 182 valence electrons. The van der Waals surface area contributed by atoms with Gasteiger partial charge in [0.1, 0.15) is 24.9 Å². The molecule has 4 rings (SSSR count). The quantitative estimate of drug-likeness (QED) is 0.409.